The fourth-order valence-electron chi connectivity index (χ4n) is 1.55. The highest BCUT2D eigenvalue weighted by molar-refractivity contribution is 9.11. The van der Waals surface area contributed by atoms with E-state index in [4.69, 9.17) is 11.6 Å². The van der Waals surface area contributed by atoms with Crippen molar-refractivity contribution in [1.82, 2.24) is 0 Å². The molecule has 0 heterocycles. The zero-order valence-corrected chi connectivity index (χ0v) is 13.8. The Kier molecular flexibility index (Phi) is 5.83. The molecule has 0 aromatic heterocycles. The van der Waals surface area contributed by atoms with E-state index in [1.165, 1.54) is 17.5 Å². The summed E-state index contributed by atoms with van der Waals surface area (Å²) in [5.41, 5.74) is 2.41. The second kappa shape index (κ2) is 6.42. The van der Waals surface area contributed by atoms with E-state index in [0.717, 1.165) is 15.4 Å². The summed E-state index contributed by atoms with van der Waals surface area (Å²) in [4.78, 5) is 0. The summed E-state index contributed by atoms with van der Waals surface area (Å²) >= 11 is 13.6. The molecule has 1 rings (SSSR count). The molecule has 0 nitrogen and oxygen atoms in total. The largest absolute Gasteiger partial charge is 0.118 e. The van der Waals surface area contributed by atoms with Crippen LogP contribution in [0.3, 0.4) is 0 Å². The fourth-order valence-corrected chi connectivity index (χ4v) is 3.26. The van der Waals surface area contributed by atoms with Gasteiger partial charge in [0.2, 0.25) is 0 Å². The number of benzene rings is 1. The Bertz CT molecular complexity index is 363. The summed E-state index contributed by atoms with van der Waals surface area (Å²) in [5.74, 6) is 0.662. The van der Waals surface area contributed by atoms with Gasteiger partial charge in [-0.2, -0.15) is 0 Å². The molecule has 3 heteroatoms. The molecule has 1 aromatic carbocycles. The highest BCUT2D eigenvalue weighted by Crippen LogP contribution is 2.36. The van der Waals surface area contributed by atoms with Crippen molar-refractivity contribution in [2.75, 3.05) is 0 Å². The maximum atomic E-state index is 6.46. The van der Waals surface area contributed by atoms with Gasteiger partial charge in [0.1, 0.15) is 0 Å². The molecule has 0 fully saturated rings. The molecule has 90 valence electrons. The second-order valence-corrected chi connectivity index (χ2v) is 6.58. The summed E-state index contributed by atoms with van der Waals surface area (Å²) in [6, 6.07) is 4.24. The Hall–Kier alpha value is 0.470. The first-order valence-electron chi connectivity index (χ1n) is 5.55. The van der Waals surface area contributed by atoms with Crippen LogP contribution in [0.5, 0.6) is 0 Å². The van der Waals surface area contributed by atoms with Gasteiger partial charge in [0.15, 0.2) is 0 Å². The van der Waals surface area contributed by atoms with Crippen LogP contribution in [0, 0.1) is 12.8 Å². The first kappa shape index (κ1) is 14.5. The van der Waals surface area contributed by atoms with Crippen LogP contribution in [0.2, 0.25) is 0 Å². The Morgan fingerprint density at radius 3 is 2.44 bits per heavy atom. The van der Waals surface area contributed by atoms with Crippen molar-refractivity contribution in [3.8, 4) is 0 Å². The van der Waals surface area contributed by atoms with Crippen LogP contribution in [0.1, 0.15) is 43.2 Å². The van der Waals surface area contributed by atoms with Crippen molar-refractivity contribution in [3.05, 3.63) is 32.2 Å². The number of rotatable bonds is 4. The minimum Gasteiger partial charge on any atom is -0.118 e. The molecule has 0 spiro atoms. The molecule has 0 aliphatic rings. The van der Waals surface area contributed by atoms with E-state index >= 15 is 0 Å². The van der Waals surface area contributed by atoms with Gasteiger partial charge in [0.25, 0.3) is 0 Å². The van der Waals surface area contributed by atoms with Crippen LogP contribution in [-0.4, -0.2) is 0 Å². The first-order valence-corrected chi connectivity index (χ1v) is 7.57. The van der Waals surface area contributed by atoms with Crippen molar-refractivity contribution < 1.29 is 0 Å². The van der Waals surface area contributed by atoms with Gasteiger partial charge in [0.05, 0.1) is 5.38 Å². The number of alkyl halides is 1. The molecular weight excluding hydrogens is 351 g/mol. The molecule has 0 saturated carbocycles. The third kappa shape index (κ3) is 3.75. The number of aryl methyl sites for hydroxylation is 1. The van der Waals surface area contributed by atoms with Crippen molar-refractivity contribution in [2.24, 2.45) is 5.92 Å². The average molecular weight is 369 g/mol. The SMILES string of the molecule is CCC(C)CC(Cl)c1cc(Br)c(C)cc1Br. The molecule has 0 radical (unpaired) electrons. The minimum absolute atomic E-state index is 0.0845. The highest BCUT2D eigenvalue weighted by Gasteiger charge is 2.15. The van der Waals surface area contributed by atoms with Gasteiger partial charge in [-0.25, -0.2) is 0 Å². The van der Waals surface area contributed by atoms with Gasteiger partial charge in [-0.3, -0.25) is 0 Å². The maximum absolute atomic E-state index is 6.46. The lowest BCUT2D eigenvalue weighted by Crippen LogP contribution is -2.00. The van der Waals surface area contributed by atoms with Gasteiger partial charge in [-0.15, -0.1) is 11.6 Å². The quantitative estimate of drug-likeness (QED) is 0.552. The predicted octanol–water partition coefficient (Wildman–Crippen LogP) is 6.24. The summed E-state index contributed by atoms with van der Waals surface area (Å²) in [5, 5.41) is 0.0845. The second-order valence-electron chi connectivity index (χ2n) is 4.34. The average Bonchev–Trinajstić information content (AvgIpc) is 2.23. The molecular formula is C13H17Br2Cl. The van der Waals surface area contributed by atoms with Crippen LogP contribution in [0.4, 0.5) is 0 Å². The molecule has 0 amide bonds. The number of hydrogen-bond donors (Lipinski definition) is 0. The van der Waals surface area contributed by atoms with Crippen LogP contribution in [0.15, 0.2) is 21.1 Å². The lowest BCUT2D eigenvalue weighted by atomic mass is 9.98. The van der Waals surface area contributed by atoms with Crippen molar-refractivity contribution in [2.45, 2.75) is 39.0 Å². The molecule has 2 atom stereocenters. The summed E-state index contributed by atoms with van der Waals surface area (Å²) in [6.45, 7) is 6.53. The van der Waals surface area contributed by atoms with Crippen LogP contribution in [-0.2, 0) is 0 Å². The molecule has 0 aliphatic heterocycles. The monoisotopic (exact) mass is 366 g/mol. The van der Waals surface area contributed by atoms with E-state index in [9.17, 15) is 0 Å². The molecule has 2 unspecified atom stereocenters. The molecule has 0 bridgehead atoms. The van der Waals surface area contributed by atoms with Gasteiger partial charge in [-0.1, -0.05) is 52.1 Å². The third-order valence-corrected chi connectivity index (χ3v) is 4.88. The van der Waals surface area contributed by atoms with Crippen LogP contribution in [0.25, 0.3) is 0 Å². The summed E-state index contributed by atoms with van der Waals surface area (Å²) in [6.07, 6.45) is 2.19. The van der Waals surface area contributed by atoms with E-state index in [1.807, 2.05) is 0 Å². The minimum atomic E-state index is 0.0845. The van der Waals surface area contributed by atoms with Crippen molar-refractivity contribution in [1.29, 1.82) is 0 Å². The van der Waals surface area contributed by atoms with Gasteiger partial charge < -0.3 is 0 Å². The van der Waals surface area contributed by atoms with Crippen LogP contribution >= 0.6 is 43.5 Å². The highest BCUT2D eigenvalue weighted by atomic mass is 79.9. The normalized spacial score (nSPS) is 14.9. The van der Waals surface area contributed by atoms with Gasteiger partial charge >= 0.3 is 0 Å². The molecule has 1 aromatic rings. The lowest BCUT2D eigenvalue weighted by Gasteiger charge is -2.17. The molecule has 0 saturated heterocycles. The van der Waals surface area contributed by atoms with Crippen LogP contribution < -0.4 is 0 Å². The predicted molar refractivity (Wildman–Crippen MR) is 79.2 cm³/mol. The van der Waals surface area contributed by atoms with E-state index in [1.54, 1.807) is 0 Å². The fraction of sp³-hybridized carbons (Fsp3) is 0.538. The zero-order valence-electron chi connectivity index (χ0n) is 9.86. The summed E-state index contributed by atoms with van der Waals surface area (Å²) in [7, 11) is 0. The van der Waals surface area contributed by atoms with Crippen molar-refractivity contribution in [3.63, 3.8) is 0 Å². The Labute approximate surface area is 120 Å². The van der Waals surface area contributed by atoms with Crippen molar-refractivity contribution >= 4 is 43.5 Å². The van der Waals surface area contributed by atoms with E-state index in [0.29, 0.717) is 5.92 Å². The Morgan fingerprint density at radius 2 is 1.88 bits per heavy atom. The molecule has 0 N–H and O–H groups in total. The maximum Gasteiger partial charge on any atom is 0.0599 e. The lowest BCUT2D eigenvalue weighted by molar-refractivity contribution is 0.507. The smallest absolute Gasteiger partial charge is 0.0599 e. The van der Waals surface area contributed by atoms with Gasteiger partial charge in [0, 0.05) is 8.95 Å². The zero-order chi connectivity index (χ0) is 12.3. The number of hydrogen-bond acceptors (Lipinski definition) is 0. The topological polar surface area (TPSA) is 0 Å². The Balaban J connectivity index is 2.91. The summed E-state index contributed by atoms with van der Waals surface area (Å²) < 4.78 is 2.23. The first-order chi connectivity index (χ1) is 7.45. The van der Waals surface area contributed by atoms with E-state index in [2.05, 4.69) is 64.8 Å². The standard InChI is InChI=1S/C13H17Br2Cl/c1-4-8(2)5-13(16)10-7-11(14)9(3)6-12(10)15/h6-8,13H,4-5H2,1-3H3. The van der Waals surface area contributed by atoms with E-state index < -0.39 is 0 Å². The molecule has 0 aliphatic carbocycles. The molecule has 16 heavy (non-hydrogen) atoms. The Morgan fingerprint density at radius 1 is 1.25 bits per heavy atom. The third-order valence-electron chi connectivity index (χ3n) is 2.92. The van der Waals surface area contributed by atoms with E-state index in [-0.39, 0.29) is 5.38 Å². The van der Waals surface area contributed by atoms with Gasteiger partial charge in [-0.05, 0) is 42.5 Å². The number of halogens is 3.